The molecule has 1 saturated heterocycles. The average molecular weight is 182 g/mol. The largest absolute Gasteiger partial charge is 0.326 e. The van der Waals surface area contributed by atoms with Gasteiger partial charge in [0.15, 0.2) is 0 Å². The molecule has 74 valence electrons. The molecule has 1 spiro atoms. The Bertz CT molecular complexity index is 223. The summed E-state index contributed by atoms with van der Waals surface area (Å²) in [5.74, 6) is 0.341. The van der Waals surface area contributed by atoms with Crippen molar-refractivity contribution in [3.05, 3.63) is 0 Å². The molecule has 2 aliphatic rings. The zero-order valence-electron chi connectivity index (χ0n) is 8.47. The first-order valence-electron chi connectivity index (χ1n) is 5.28. The fourth-order valence-corrected chi connectivity index (χ4v) is 2.10. The van der Waals surface area contributed by atoms with Gasteiger partial charge < -0.3 is 4.90 Å². The monoisotopic (exact) mass is 182 g/mol. The second-order valence-corrected chi connectivity index (χ2v) is 4.25. The lowest BCUT2D eigenvalue weighted by molar-refractivity contribution is -0.130. The molecule has 1 saturated carbocycles. The van der Waals surface area contributed by atoms with Crippen LogP contribution < -0.4 is 5.32 Å². The van der Waals surface area contributed by atoms with Crippen LogP contribution in [-0.2, 0) is 4.79 Å². The number of rotatable bonds is 3. The highest BCUT2D eigenvalue weighted by molar-refractivity contribution is 5.91. The molecule has 1 aliphatic carbocycles. The van der Waals surface area contributed by atoms with Gasteiger partial charge in [0.05, 0.1) is 11.7 Å². The highest BCUT2D eigenvalue weighted by atomic mass is 16.2. The molecular weight excluding hydrogens is 164 g/mol. The van der Waals surface area contributed by atoms with Crippen LogP contribution in [0.1, 0.15) is 39.5 Å². The first-order valence-corrected chi connectivity index (χ1v) is 5.28. The molecule has 0 aromatic heterocycles. The number of unbranched alkanes of at least 4 members (excludes halogenated alkanes) is 1. The van der Waals surface area contributed by atoms with Crippen LogP contribution in [0.5, 0.6) is 0 Å². The van der Waals surface area contributed by atoms with Gasteiger partial charge in [-0.3, -0.25) is 10.1 Å². The first-order chi connectivity index (χ1) is 6.19. The molecule has 0 aromatic carbocycles. The van der Waals surface area contributed by atoms with E-state index >= 15 is 0 Å². The minimum atomic E-state index is -0.118. The van der Waals surface area contributed by atoms with Crippen molar-refractivity contribution in [1.82, 2.24) is 10.2 Å². The predicted octanol–water partition coefficient (Wildman–Crippen LogP) is 1.10. The van der Waals surface area contributed by atoms with E-state index in [-0.39, 0.29) is 11.7 Å². The van der Waals surface area contributed by atoms with Crippen LogP contribution in [0.2, 0.25) is 0 Å². The van der Waals surface area contributed by atoms with Crippen LogP contribution >= 0.6 is 0 Å². The Balaban J connectivity index is 1.98. The van der Waals surface area contributed by atoms with Gasteiger partial charge in [-0.05, 0) is 26.2 Å². The van der Waals surface area contributed by atoms with E-state index in [0.29, 0.717) is 5.91 Å². The van der Waals surface area contributed by atoms with Crippen molar-refractivity contribution in [3.8, 4) is 0 Å². The number of carbonyl (C=O) groups is 1. The molecule has 0 bridgehead atoms. The zero-order chi connectivity index (χ0) is 9.47. The molecule has 1 heterocycles. The van der Waals surface area contributed by atoms with Crippen LogP contribution in [0.15, 0.2) is 0 Å². The molecule has 3 nitrogen and oxygen atoms in total. The van der Waals surface area contributed by atoms with E-state index in [9.17, 15) is 4.79 Å². The van der Waals surface area contributed by atoms with Crippen molar-refractivity contribution in [2.75, 3.05) is 6.54 Å². The Morgan fingerprint density at radius 3 is 2.77 bits per heavy atom. The maximum absolute atomic E-state index is 11.9. The maximum atomic E-state index is 11.9. The molecule has 1 atom stereocenters. The molecular formula is C10H18N2O. The van der Waals surface area contributed by atoms with Crippen LogP contribution in [0.4, 0.5) is 0 Å². The third-order valence-corrected chi connectivity index (χ3v) is 3.13. The third-order valence-electron chi connectivity index (χ3n) is 3.13. The summed E-state index contributed by atoms with van der Waals surface area (Å²) >= 11 is 0. The predicted molar refractivity (Wildman–Crippen MR) is 51.2 cm³/mol. The van der Waals surface area contributed by atoms with Crippen LogP contribution in [-0.4, -0.2) is 29.1 Å². The topological polar surface area (TPSA) is 32.3 Å². The summed E-state index contributed by atoms with van der Waals surface area (Å²) in [5, 5.41) is 3.39. The van der Waals surface area contributed by atoms with Crippen molar-refractivity contribution in [1.29, 1.82) is 0 Å². The van der Waals surface area contributed by atoms with E-state index in [2.05, 4.69) is 19.2 Å². The van der Waals surface area contributed by atoms with E-state index in [0.717, 1.165) is 32.2 Å². The van der Waals surface area contributed by atoms with Gasteiger partial charge in [0.1, 0.15) is 0 Å². The van der Waals surface area contributed by atoms with Crippen molar-refractivity contribution in [3.63, 3.8) is 0 Å². The number of hydrogen-bond donors (Lipinski definition) is 1. The highest BCUT2D eigenvalue weighted by Crippen LogP contribution is 2.41. The summed E-state index contributed by atoms with van der Waals surface area (Å²) in [6.07, 6.45) is 4.61. The van der Waals surface area contributed by atoms with Gasteiger partial charge in [0, 0.05) is 6.54 Å². The summed E-state index contributed by atoms with van der Waals surface area (Å²) in [6.45, 7) is 5.16. The number of nitrogens with one attached hydrogen (secondary N) is 1. The van der Waals surface area contributed by atoms with Gasteiger partial charge >= 0.3 is 0 Å². The summed E-state index contributed by atoms with van der Waals surface area (Å²) < 4.78 is 0. The molecule has 1 aliphatic heterocycles. The van der Waals surface area contributed by atoms with E-state index in [1.807, 2.05) is 4.90 Å². The Morgan fingerprint density at radius 2 is 2.31 bits per heavy atom. The Morgan fingerprint density at radius 1 is 1.62 bits per heavy atom. The van der Waals surface area contributed by atoms with Gasteiger partial charge in [0.25, 0.3) is 0 Å². The van der Waals surface area contributed by atoms with Crippen LogP contribution in [0, 0.1) is 0 Å². The van der Waals surface area contributed by atoms with E-state index in [1.165, 1.54) is 0 Å². The lowest BCUT2D eigenvalue weighted by atomic mass is 10.2. The number of nitrogens with zero attached hydrogens (tertiary/aromatic N) is 1. The van der Waals surface area contributed by atoms with Gasteiger partial charge in [0.2, 0.25) is 5.91 Å². The van der Waals surface area contributed by atoms with Crippen LogP contribution in [0.25, 0.3) is 0 Å². The molecule has 2 rings (SSSR count). The molecule has 3 heteroatoms. The number of carbonyl (C=O) groups excluding carboxylic acids is 1. The summed E-state index contributed by atoms with van der Waals surface area (Å²) in [6, 6.07) is 0. The second-order valence-electron chi connectivity index (χ2n) is 4.25. The molecule has 2 fully saturated rings. The normalized spacial score (nSPS) is 30.2. The second kappa shape index (κ2) is 2.98. The third kappa shape index (κ3) is 1.35. The molecule has 1 N–H and O–H groups in total. The van der Waals surface area contributed by atoms with Gasteiger partial charge in [-0.2, -0.15) is 0 Å². The lowest BCUT2D eigenvalue weighted by Gasteiger charge is -2.20. The molecule has 1 unspecified atom stereocenters. The van der Waals surface area contributed by atoms with Gasteiger partial charge in [-0.15, -0.1) is 0 Å². The van der Waals surface area contributed by atoms with E-state index < -0.39 is 0 Å². The molecule has 0 aromatic rings. The lowest BCUT2D eigenvalue weighted by Crippen LogP contribution is -2.35. The summed E-state index contributed by atoms with van der Waals surface area (Å²) in [7, 11) is 0. The van der Waals surface area contributed by atoms with Crippen LogP contribution in [0.3, 0.4) is 0 Å². The summed E-state index contributed by atoms with van der Waals surface area (Å²) in [5.41, 5.74) is -0.118. The van der Waals surface area contributed by atoms with E-state index in [1.54, 1.807) is 0 Å². The van der Waals surface area contributed by atoms with Crippen molar-refractivity contribution >= 4 is 5.91 Å². The fraction of sp³-hybridized carbons (Fsp3) is 0.900. The van der Waals surface area contributed by atoms with Crippen molar-refractivity contribution in [2.45, 2.75) is 51.2 Å². The van der Waals surface area contributed by atoms with Gasteiger partial charge in [-0.25, -0.2) is 0 Å². The number of hydrogen-bond acceptors (Lipinski definition) is 2. The Hall–Kier alpha value is -0.570. The number of amides is 1. The quantitative estimate of drug-likeness (QED) is 0.708. The SMILES string of the molecule is CCCCN1C(=O)C2(CC2)NC1C. The van der Waals surface area contributed by atoms with E-state index in [4.69, 9.17) is 0 Å². The molecule has 13 heavy (non-hydrogen) atoms. The highest BCUT2D eigenvalue weighted by Gasteiger charge is 2.57. The molecule has 0 radical (unpaired) electrons. The van der Waals surface area contributed by atoms with Crippen molar-refractivity contribution < 1.29 is 4.79 Å². The first kappa shape index (κ1) is 9.00. The molecule has 1 amide bonds. The zero-order valence-corrected chi connectivity index (χ0v) is 8.47. The summed E-state index contributed by atoms with van der Waals surface area (Å²) in [4.78, 5) is 13.9. The average Bonchev–Trinajstić information content (AvgIpc) is 2.81. The Labute approximate surface area is 79.5 Å². The minimum Gasteiger partial charge on any atom is -0.326 e. The standard InChI is InChI=1S/C10H18N2O/c1-3-4-7-12-8(2)11-10(5-6-10)9(12)13/h8,11H,3-7H2,1-2H3. The van der Waals surface area contributed by atoms with Gasteiger partial charge in [-0.1, -0.05) is 13.3 Å². The minimum absolute atomic E-state index is 0.118. The van der Waals surface area contributed by atoms with Crippen molar-refractivity contribution in [2.24, 2.45) is 0 Å². The Kier molecular flexibility index (Phi) is 2.06. The smallest absolute Gasteiger partial charge is 0.244 e. The maximum Gasteiger partial charge on any atom is 0.244 e. The fourth-order valence-electron chi connectivity index (χ4n) is 2.10.